The molecule has 0 aliphatic heterocycles. The number of hydrogen-bond donors (Lipinski definition) is 1. The van der Waals surface area contributed by atoms with Gasteiger partial charge < -0.3 is 14.6 Å². The van der Waals surface area contributed by atoms with Gasteiger partial charge in [-0.3, -0.25) is 0 Å². The molecule has 0 aromatic carbocycles. The van der Waals surface area contributed by atoms with Gasteiger partial charge in [-0.25, -0.2) is 4.79 Å². The Morgan fingerprint density at radius 1 is 1.46 bits per heavy atom. The Morgan fingerprint density at radius 3 is 2.62 bits per heavy atom. The van der Waals surface area contributed by atoms with Crippen molar-refractivity contribution in [3.05, 3.63) is 0 Å². The van der Waals surface area contributed by atoms with Crippen molar-refractivity contribution >= 4 is 5.97 Å². The number of rotatable bonds is 8. The molecular formula is C9H18O4. The molecule has 0 saturated carbocycles. The van der Waals surface area contributed by atoms with Crippen LogP contribution in [0.1, 0.15) is 26.2 Å². The van der Waals surface area contributed by atoms with Crippen molar-refractivity contribution in [1.82, 2.24) is 0 Å². The number of carbonyl (C=O) groups is 1. The molecule has 0 saturated heterocycles. The molecule has 0 radical (unpaired) electrons. The van der Waals surface area contributed by atoms with Crippen molar-refractivity contribution in [2.75, 3.05) is 20.3 Å². The zero-order valence-electron chi connectivity index (χ0n) is 8.28. The van der Waals surface area contributed by atoms with Crippen molar-refractivity contribution in [1.29, 1.82) is 0 Å². The first kappa shape index (κ1) is 12.4. The van der Waals surface area contributed by atoms with E-state index in [0.29, 0.717) is 19.6 Å². The molecule has 1 atom stereocenters. The Kier molecular flexibility index (Phi) is 7.63. The normalized spacial score (nSPS) is 12.8. The van der Waals surface area contributed by atoms with Gasteiger partial charge in [-0.05, 0) is 12.8 Å². The highest BCUT2D eigenvalue weighted by Gasteiger charge is 2.15. The molecule has 1 N–H and O–H groups in total. The number of carboxylic acid groups (broad SMARTS) is 1. The molecule has 1 unspecified atom stereocenters. The van der Waals surface area contributed by atoms with Crippen molar-refractivity contribution in [2.45, 2.75) is 32.3 Å². The Morgan fingerprint density at radius 2 is 2.15 bits per heavy atom. The van der Waals surface area contributed by atoms with E-state index in [9.17, 15) is 4.79 Å². The fraction of sp³-hybridized carbons (Fsp3) is 0.889. The molecule has 0 aliphatic rings. The van der Waals surface area contributed by atoms with E-state index >= 15 is 0 Å². The van der Waals surface area contributed by atoms with Gasteiger partial charge in [0.25, 0.3) is 0 Å². The summed E-state index contributed by atoms with van der Waals surface area (Å²) >= 11 is 0. The van der Waals surface area contributed by atoms with E-state index in [4.69, 9.17) is 14.6 Å². The van der Waals surface area contributed by atoms with E-state index in [1.54, 1.807) is 7.11 Å². The largest absolute Gasteiger partial charge is 0.479 e. The maximum Gasteiger partial charge on any atom is 0.332 e. The third-order valence-electron chi connectivity index (χ3n) is 1.64. The molecule has 0 fully saturated rings. The summed E-state index contributed by atoms with van der Waals surface area (Å²) in [6, 6.07) is 0. The van der Waals surface area contributed by atoms with Gasteiger partial charge in [-0.15, -0.1) is 0 Å². The Hall–Kier alpha value is -0.610. The first-order valence-electron chi connectivity index (χ1n) is 4.55. The molecule has 78 valence electrons. The zero-order chi connectivity index (χ0) is 10.1. The molecule has 4 nitrogen and oxygen atoms in total. The second-order valence-electron chi connectivity index (χ2n) is 2.83. The van der Waals surface area contributed by atoms with Crippen LogP contribution < -0.4 is 0 Å². The first-order chi connectivity index (χ1) is 6.22. The summed E-state index contributed by atoms with van der Waals surface area (Å²) < 4.78 is 9.98. The van der Waals surface area contributed by atoms with E-state index in [-0.39, 0.29) is 0 Å². The summed E-state index contributed by atoms with van der Waals surface area (Å²) in [5.41, 5.74) is 0. The van der Waals surface area contributed by atoms with Gasteiger partial charge in [0.05, 0.1) is 0 Å². The van der Waals surface area contributed by atoms with Crippen LogP contribution in [-0.2, 0) is 14.3 Å². The average molecular weight is 190 g/mol. The fourth-order valence-electron chi connectivity index (χ4n) is 0.969. The topological polar surface area (TPSA) is 55.8 Å². The Balaban J connectivity index is 3.51. The third kappa shape index (κ3) is 6.54. The van der Waals surface area contributed by atoms with E-state index in [1.165, 1.54) is 0 Å². The minimum absolute atomic E-state index is 0.449. The smallest absolute Gasteiger partial charge is 0.332 e. The standard InChI is InChI=1S/C9H18O4/c1-3-5-8(9(10)11)13-7-4-6-12-2/h8H,3-7H2,1-2H3,(H,10,11). The lowest BCUT2D eigenvalue weighted by molar-refractivity contribution is -0.151. The summed E-state index contributed by atoms with van der Waals surface area (Å²) in [5, 5.41) is 8.70. The summed E-state index contributed by atoms with van der Waals surface area (Å²) in [6.07, 6.45) is 1.48. The number of hydrogen-bond acceptors (Lipinski definition) is 3. The number of methoxy groups -OCH3 is 1. The molecule has 0 rings (SSSR count). The van der Waals surface area contributed by atoms with E-state index in [0.717, 1.165) is 12.8 Å². The summed E-state index contributed by atoms with van der Waals surface area (Å²) in [6.45, 7) is 3.00. The van der Waals surface area contributed by atoms with Gasteiger partial charge in [0.1, 0.15) is 0 Å². The van der Waals surface area contributed by atoms with E-state index in [1.807, 2.05) is 6.92 Å². The quantitative estimate of drug-likeness (QED) is 0.586. The lowest BCUT2D eigenvalue weighted by Crippen LogP contribution is -2.24. The van der Waals surface area contributed by atoms with Gasteiger partial charge >= 0.3 is 5.97 Å². The summed E-state index contributed by atoms with van der Waals surface area (Å²) in [7, 11) is 1.61. The summed E-state index contributed by atoms with van der Waals surface area (Å²) in [5.74, 6) is -0.876. The minimum Gasteiger partial charge on any atom is -0.479 e. The minimum atomic E-state index is -0.876. The number of aliphatic carboxylic acids is 1. The maximum atomic E-state index is 10.6. The van der Waals surface area contributed by atoms with Crippen LogP contribution >= 0.6 is 0 Å². The lowest BCUT2D eigenvalue weighted by Gasteiger charge is -2.11. The van der Waals surface area contributed by atoms with Gasteiger partial charge in [0.15, 0.2) is 6.10 Å². The highest BCUT2D eigenvalue weighted by molar-refractivity contribution is 5.72. The predicted octanol–water partition coefficient (Wildman–Crippen LogP) is 1.29. The van der Waals surface area contributed by atoms with Crippen LogP contribution in [0.3, 0.4) is 0 Å². The predicted molar refractivity (Wildman–Crippen MR) is 48.8 cm³/mol. The molecular weight excluding hydrogens is 172 g/mol. The zero-order valence-corrected chi connectivity index (χ0v) is 8.28. The van der Waals surface area contributed by atoms with E-state index in [2.05, 4.69) is 0 Å². The molecule has 0 aromatic heterocycles. The number of ether oxygens (including phenoxy) is 2. The van der Waals surface area contributed by atoms with Crippen LogP contribution in [0.4, 0.5) is 0 Å². The third-order valence-corrected chi connectivity index (χ3v) is 1.64. The van der Waals surface area contributed by atoms with Crippen molar-refractivity contribution < 1.29 is 19.4 Å². The van der Waals surface area contributed by atoms with Crippen molar-refractivity contribution in [3.63, 3.8) is 0 Å². The Bertz CT molecular complexity index is 136. The average Bonchev–Trinajstić information content (AvgIpc) is 2.10. The highest BCUT2D eigenvalue weighted by atomic mass is 16.5. The Labute approximate surface area is 78.8 Å². The van der Waals surface area contributed by atoms with Crippen LogP contribution in [0.15, 0.2) is 0 Å². The molecule has 0 amide bonds. The lowest BCUT2D eigenvalue weighted by atomic mass is 10.2. The van der Waals surface area contributed by atoms with Crippen LogP contribution in [-0.4, -0.2) is 37.5 Å². The first-order valence-corrected chi connectivity index (χ1v) is 4.55. The molecule has 0 heterocycles. The molecule has 0 bridgehead atoms. The van der Waals surface area contributed by atoms with Crippen LogP contribution in [0.2, 0.25) is 0 Å². The van der Waals surface area contributed by atoms with E-state index < -0.39 is 12.1 Å². The van der Waals surface area contributed by atoms with Gasteiger partial charge in [-0.2, -0.15) is 0 Å². The van der Waals surface area contributed by atoms with Gasteiger partial charge in [0.2, 0.25) is 0 Å². The second kappa shape index (κ2) is 8.01. The van der Waals surface area contributed by atoms with Crippen LogP contribution in [0.5, 0.6) is 0 Å². The number of carboxylic acids is 1. The van der Waals surface area contributed by atoms with Crippen molar-refractivity contribution in [3.8, 4) is 0 Å². The van der Waals surface area contributed by atoms with Gasteiger partial charge in [0, 0.05) is 20.3 Å². The molecule has 13 heavy (non-hydrogen) atoms. The summed E-state index contributed by atoms with van der Waals surface area (Å²) in [4.78, 5) is 10.6. The van der Waals surface area contributed by atoms with Crippen LogP contribution in [0, 0.1) is 0 Å². The molecule has 0 aromatic rings. The molecule has 4 heteroatoms. The molecule has 0 spiro atoms. The van der Waals surface area contributed by atoms with Crippen LogP contribution in [0.25, 0.3) is 0 Å². The monoisotopic (exact) mass is 190 g/mol. The fourth-order valence-corrected chi connectivity index (χ4v) is 0.969. The molecule has 0 aliphatic carbocycles. The van der Waals surface area contributed by atoms with Gasteiger partial charge in [-0.1, -0.05) is 13.3 Å². The van der Waals surface area contributed by atoms with Crippen molar-refractivity contribution in [2.24, 2.45) is 0 Å². The highest BCUT2D eigenvalue weighted by Crippen LogP contribution is 2.02. The maximum absolute atomic E-state index is 10.6. The second-order valence-corrected chi connectivity index (χ2v) is 2.83. The SMILES string of the molecule is CCCC(OCCCOC)C(=O)O.